The van der Waals surface area contributed by atoms with Gasteiger partial charge in [0.1, 0.15) is 5.82 Å². The van der Waals surface area contributed by atoms with Crippen LogP contribution in [-0.4, -0.2) is 46.2 Å². The molecule has 0 fully saturated rings. The fourth-order valence-corrected chi connectivity index (χ4v) is 1.55. The molecule has 0 bridgehead atoms. The van der Waals surface area contributed by atoms with E-state index in [1.165, 1.54) is 7.11 Å². The minimum absolute atomic E-state index is 0.113. The van der Waals surface area contributed by atoms with Crippen LogP contribution in [0.15, 0.2) is 0 Å². The van der Waals surface area contributed by atoms with E-state index in [0.29, 0.717) is 11.0 Å². The second-order valence-corrected chi connectivity index (χ2v) is 3.84. The quantitative estimate of drug-likeness (QED) is 0.690. The average Bonchev–Trinajstić information content (AvgIpc) is 2.63. The third-order valence-electron chi connectivity index (χ3n) is 1.68. The Kier molecular flexibility index (Phi) is 4.79. The molecule has 0 aliphatic heterocycles. The molecule has 1 unspecified atom stereocenters. The lowest BCUT2D eigenvalue weighted by Gasteiger charge is -2.12. The zero-order valence-electron chi connectivity index (χ0n) is 9.26. The van der Waals surface area contributed by atoms with E-state index in [1.54, 1.807) is 6.92 Å². The van der Waals surface area contributed by atoms with Crippen molar-refractivity contribution in [2.75, 3.05) is 19.0 Å². The molecule has 0 aliphatic rings. The molecular formula is C8H12N4O4S. The monoisotopic (exact) mass is 260 g/mol. The molecule has 0 saturated heterocycles. The molecule has 1 rings (SSSR count). The number of carbonyl (C=O) groups is 2. The van der Waals surface area contributed by atoms with E-state index in [1.807, 2.05) is 0 Å². The largest absolute Gasteiger partial charge is 0.480 e. The van der Waals surface area contributed by atoms with Gasteiger partial charge in [0.25, 0.3) is 0 Å². The molecule has 1 heterocycles. The number of hydrogen-bond donors (Lipinski definition) is 3. The van der Waals surface area contributed by atoms with Crippen molar-refractivity contribution in [1.82, 2.24) is 14.7 Å². The van der Waals surface area contributed by atoms with E-state index in [4.69, 9.17) is 5.11 Å². The molecule has 0 spiro atoms. The minimum atomic E-state index is -1.17. The number of anilines is 1. The second-order valence-electron chi connectivity index (χ2n) is 3.09. The summed E-state index contributed by atoms with van der Waals surface area (Å²) in [7, 11) is 1.35. The van der Waals surface area contributed by atoms with Crippen molar-refractivity contribution in [2.24, 2.45) is 0 Å². The molecule has 1 aromatic heterocycles. The van der Waals surface area contributed by atoms with E-state index in [-0.39, 0.29) is 6.61 Å². The zero-order valence-corrected chi connectivity index (χ0v) is 10.1. The van der Waals surface area contributed by atoms with Gasteiger partial charge in [-0.25, -0.2) is 14.6 Å². The number of urea groups is 1. The van der Waals surface area contributed by atoms with Crippen LogP contribution in [-0.2, 0) is 9.53 Å². The topological polar surface area (TPSA) is 113 Å². The standard InChI is InChI=1S/C8H12N4O4S/c1-4-9-8(17-12-4)11-7(15)10-5(3-16-2)6(13)14/h5H,3H2,1-2H3,(H,13,14)(H2,9,10,11,12,15). The highest BCUT2D eigenvalue weighted by atomic mass is 32.1. The molecule has 17 heavy (non-hydrogen) atoms. The van der Waals surface area contributed by atoms with E-state index >= 15 is 0 Å². The van der Waals surface area contributed by atoms with E-state index in [0.717, 1.165) is 11.5 Å². The molecule has 1 atom stereocenters. The van der Waals surface area contributed by atoms with Crippen molar-refractivity contribution in [3.63, 3.8) is 0 Å². The van der Waals surface area contributed by atoms with Gasteiger partial charge in [0, 0.05) is 18.6 Å². The first kappa shape index (κ1) is 13.3. The number of nitrogens with one attached hydrogen (secondary N) is 2. The number of carboxylic acid groups (broad SMARTS) is 1. The average molecular weight is 260 g/mol. The Hall–Kier alpha value is -1.74. The van der Waals surface area contributed by atoms with Crippen molar-refractivity contribution in [2.45, 2.75) is 13.0 Å². The highest BCUT2D eigenvalue weighted by molar-refractivity contribution is 7.09. The van der Waals surface area contributed by atoms with Crippen molar-refractivity contribution >= 4 is 28.7 Å². The molecule has 9 heteroatoms. The van der Waals surface area contributed by atoms with Crippen LogP contribution in [0.2, 0.25) is 0 Å². The summed E-state index contributed by atoms with van der Waals surface area (Å²) in [6.45, 7) is 1.57. The Balaban J connectivity index is 2.50. The van der Waals surface area contributed by atoms with Crippen LogP contribution >= 0.6 is 11.5 Å². The second kappa shape index (κ2) is 6.11. The summed E-state index contributed by atoms with van der Waals surface area (Å²) in [6, 6.07) is -1.76. The highest BCUT2D eigenvalue weighted by Gasteiger charge is 2.20. The van der Waals surface area contributed by atoms with Crippen molar-refractivity contribution in [1.29, 1.82) is 0 Å². The van der Waals surface area contributed by atoms with Gasteiger partial charge in [-0.1, -0.05) is 0 Å². The van der Waals surface area contributed by atoms with Gasteiger partial charge < -0.3 is 15.2 Å². The molecular weight excluding hydrogens is 248 g/mol. The molecule has 8 nitrogen and oxygen atoms in total. The molecule has 0 saturated carbocycles. The number of methoxy groups -OCH3 is 1. The molecule has 0 aromatic carbocycles. The van der Waals surface area contributed by atoms with Crippen LogP contribution in [0.1, 0.15) is 5.82 Å². The van der Waals surface area contributed by atoms with Crippen molar-refractivity contribution in [3.05, 3.63) is 5.82 Å². The predicted octanol–water partition coefficient (Wildman–Crippen LogP) is 0.0676. The number of carbonyl (C=O) groups excluding carboxylic acids is 1. The third-order valence-corrected chi connectivity index (χ3v) is 2.41. The molecule has 3 N–H and O–H groups in total. The van der Waals surface area contributed by atoms with Crippen LogP contribution < -0.4 is 10.6 Å². The summed E-state index contributed by atoms with van der Waals surface area (Å²) in [6.07, 6.45) is 0. The van der Waals surface area contributed by atoms with Gasteiger partial charge in [-0.15, -0.1) is 0 Å². The molecule has 94 valence electrons. The van der Waals surface area contributed by atoms with E-state index in [2.05, 4.69) is 24.7 Å². The lowest BCUT2D eigenvalue weighted by Crippen LogP contribution is -2.45. The predicted molar refractivity (Wildman–Crippen MR) is 60.1 cm³/mol. The van der Waals surface area contributed by atoms with Crippen molar-refractivity contribution < 1.29 is 19.4 Å². The molecule has 2 amide bonds. The number of amides is 2. The molecule has 1 aromatic rings. The smallest absolute Gasteiger partial charge is 0.328 e. The minimum Gasteiger partial charge on any atom is -0.480 e. The lowest BCUT2D eigenvalue weighted by atomic mass is 10.3. The molecule has 0 aliphatic carbocycles. The van der Waals surface area contributed by atoms with Crippen LogP contribution in [0.3, 0.4) is 0 Å². The number of rotatable bonds is 5. The number of aromatic nitrogens is 2. The normalized spacial score (nSPS) is 11.9. The zero-order chi connectivity index (χ0) is 12.8. The van der Waals surface area contributed by atoms with Crippen LogP contribution in [0.25, 0.3) is 0 Å². The Bertz CT molecular complexity index is 408. The van der Waals surface area contributed by atoms with E-state index < -0.39 is 18.0 Å². The highest BCUT2D eigenvalue weighted by Crippen LogP contribution is 2.09. The number of aryl methyl sites for hydroxylation is 1. The maximum absolute atomic E-state index is 11.4. The SMILES string of the molecule is COCC(NC(=O)Nc1nc(C)ns1)C(=O)O. The Morgan fingerprint density at radius 2 is 2.29 bits per heavy atom. The van der Waals surface area contributed by atoms with Gasteiger partial charge in [-0.2, -0.15) is 4.37 Å². The summed E-state index contributed by atoms with van der Waals surface area (Å²) < 4.78 is 8.54. The molecule has 0 radical (unpaired) electrons. The van der Waals surface area contributed by atoms with Crippen LogP contribution in [0.5, 0.6) is 0 Å². The summed E-state index contributed by atoms with van der Waals surface area (Å²) >= 11 is 1.01. The van der Waals surface area contributed by atoms with Gasteiger partial charge in [-0.3, -0.25) is 5.32 Å². The number of carboxylic acids is 1. The van der Waals surface area contributed by atoms with Gasteiger partial charge in [0.15, 0.2) is 6.04 Å². The maximum Gasteiger partial charge on any atom is 0.328 e. The first-order valence-corrected chi connectivity index (χ1v) is 5.40. The number of aliphatic carboxylic acids is 1. The fourth-order valence-electron chi connectivity index (χ4n) is 0.981. The Morgan fingerprint density at radius 3 is 2.76 bits per heavy atom. The van der Waals surface area contributed by atoms with Crippen molar-refractivity contribution in [3.8, 4) is 0 Å². The first-order chi connectivity index (χ1) is 8.02. The fraction of sp³-hybridized carbons (Fsp3) is 0.500. The number of ether oxygens (including phenoxy) is 1. The van der Waals surface area contributed by atoms with Gasteiger partial charge in [0.05, 0.1) is 6.61 Å². The Morgan fingerprint density at radius 1 is 1.59 bits per heavy atom. The van der Waals surface area contributed by atoms with Gasteiger partial charge >= 0.3 is 12.0 Å². The van der Waals surface area contributed by atoms with Crippen LogP contribution in [0, 0.1) is 6.92 Å². The van der Waals surface area contributed by atoms with E-state index in [9.17, 15) is 9.59 Å². The van der Waals surface area contributed by atoms with Gasteiger partial charge in [-0.05, 0) is 6.92 Å². The summed E-state index contributed by atoms with van der Waals surface area (Å²) in [5, 5.41) is 13.7. The summed E-state index contributed by atoms with van der Waals surface area (Å²) in [5.74, 6) is -0.632. The number of hydrogen-bond acceptors (Lipinski definition) is 6. The lowest BCUT2D eigenvalue weighted by molar-refractivity contribution is -0.140. The first-order valence-electron chi connectivity index (χ1n) is 4.62. The summed E-state index contributed by atoms with van der Waals surface area (Å²) in [5.41, 5.74) is 0. The van der Waals surface area contributed by atoms with Gasteiger partial charge in [0.2, 0.25) is 5.13 Å². The summed E-state index contributed by atoms with van der Waals surface area (Å²) in [4.78, 5) is 26.0. The third kappa shape index (κ3) is 4.33. The van der Waals surface area contributed by atoms with Crippen LogP contribution in [0.4, 0.5) is 9.93 Å². The maximum atomic E-state index is 11.4. The number of nitrogens with zero attached hydrogens (tertiary/aromatic N) is 2. The Labute approximate surface area is 101 Å².